The Kier molecular flexibility index (Phi) is 5.25. The Morgan fingerprint density at radius 1 is 1.19 bits per heavy atom. The molecular formula is C21H20N4OS. The Morgan fingerprint density at radius 3 is 2.85 bits per heavy atom. The lowest BCUT2D eigenvalue weighted by Gasteiger charge is -2.21. The molecule has 0 aliphatic carbocycles. The number of hydrogen-bond donors (Lipinski definition) is 1. The van der Waals surface area contributed by atoms with Crippen LogP contribution in [0.1, 0.15) is 30.1 Å². The zero-order valence-electron chi connectivity index (χ0n) is 14.8. The third-order valence-corrected chi connectivity index (χ3v) is 5.29. The first-order valence-electron chi connectivity index (χ1n) is 8.97. The number of anilines is 2. The monoisotopic (exact) mass is 376 g/mol. The van der Waals surface area contributed by atoms with Crippen LogP contribution in [-0.2, 0) is 4.79 Å². The van der Waals surface area contributed by atoms with E-state index in [0.717, 1.165) is 41.6 Å². The van der Waals surface area contributed by atoms with Crippen LogP contribution in [0.3, 0.4) is 0 Å². The first-order chi connectivity index (χ1) is 13.3. The van der Waals surface area contributed by atoms with Crippen molar-refractivity contribution >= 4 is 34.3 Å². The summed E-state index contributed by atoms with van der Waals surface area (Å²) < 4.78 is 0. The molecule has 3 aromatic rings. The number of hydrogen-bond acceptors (Lipinski definition) is 5. The van der Waals surface area contributed by atoms with Crippen molar-refractivity contribution in [2.24, 2.45) is 0 Å². The summed E-state index contributed by atoms with van der Waals surface area (Å²) in [5, 5.41) is 6.04. The summed E-state index contributed by atoms with van der Waals surface area (Å²) in [6.07, 6.45) is 7.21. The third kappa shape index (κ3) is 4.23. The fourth-order valence-electron chi connectivity index (χ4n) is 3.21. The fourth-order valence-corrected chi connectivity index (χ4v) is 3.97. The molecule has 27 heavy (non-hydrogen) atoms. The summed E-state index contributed by atoms with van der Waals surface area (Å²) in [6, 6.07) is 15.6. The minimum atomic E-state index is 0.0356. The topological polar surface area (TPSA) is 58.1 Å². The summed E-state index contributed by atoms with van der Waals surface area (Å²) in [5.74, 6) is 0.803. The van der Waals surface area contributed by atoms with Gasteiger partial charge in [-0.3, -0.25) is 4.79 Å². The Hall–Kier alpha value is -2.99. The average Bonchev–Trinajstić information content (AvgIpc) is 3.37. The predicted molar refractivity (Wildman–Crippen MR) is 109 cm³/mol. The molecule has 0 saturated carbocycles. The molecule has 1 aliphatic heterocycles. The van der Waals surface area contributed by atoms with Crippen molar-refractivity contribution in [3.8, 4) is 0 Å². The molecule has 1 N–H and O–H groups in total. The van der Waals surface area contributed by atoms with Crippen molar-refractivity contribution in [1.82, 2.24) is 14.9 Å². The van der Waals surface area contributed by atoms with E-state index in [0.29, 0.717) is 0 Å². The van der Waals surface area contributed by atoms with Gasteiger partial charge in [-0.1, -0.05) is 36.4 Å². The molecular weight excluding hydrogens is 356 g/mol. The summed E-state index contributed by atoms with van der Waals surface area (Å²) >= 11 is 1.54. The number of carbonyl (C=O) groups is 1. The average molecular weight is 376 g/mol. The van der Waals surface area contributed by atoms with Crippen LogP contribution in [0.15, 0.2) is 66.2 Å². The van der Waals surface area contributed by atoms with Crippen LogP contribution < -0.4 is 5.32 Å². The van der Waals surface area contributed by atoms with Gasteiger partial charge >= 0.3 is 0 Å². The van der Waals surface area contributed by atoms with E-state index in [1.54, 1.807) is 12.3 Å². The lowest BCUT2D eigenvalue weighted by atomic mass is 10.1. The second-order valence-corrected chi connectivity index (χ2v) is 7.21. The first-order valence-corrected chi connectivity index (χ1v) is 9.85. The van der Waals surface area contributed by atoms with E-state index in [2.05, 4.69) is 15.3 Å². The van der Waals surface area contributed by atoms with Gasteiger partial charge in [-0.25, -0.2) is 9.97 Å². The molecule has 1 amide bonds. The number of aromatic nitrogens is 2. The fraction of sp³-hybridized carbons (Fsp3) is 0.190. The van der Waals surface area contributed by atoms with E-state index < -0.39 is 0 Å². The molecule has 1 aliphatic rings. The second kappa shape index (κ2) is 8.14. The molecule has 3 heterocycles. The lowest BCUT2D eigenvalue weighted by molar-refractivity contribution is -0.126. The van der Waals surface area contributed by atoms with Gasteiger partial charge in [0.15, 0.2) is 5.13 Å². The molecule has 0 spiro atoms. The summed E-state index contributed by atoms with van der Waals surface area (Å²) in [7, 11) is 0. The Balaban J connectivity index is 1.45. The van der Waals surface area contributed by atoms with Crippen LogP contribution in [0.2, 0.25) is 0 Å². The molecule has 1 aromatic carbocycles. The van der Waals surface area contributed by atoms with Gasteiger partial charge in [0.1, 0.15) is 5.82 Å². The Labute approximate surface area is 162 Å². The highest BCUT2D eigenvalue weighted by Gasteiger charge is 2.30. The highest BCUT2D eigenvalue weighted by atomic mass is 32.1. The summed E-state index contributed by atoms with van der Waals surface area (Å²) in [4.78, 5) is 23.6. The number of amides is 1. The quantitative estimate of drug-likeness (QED) is 0.658. The molecule has 0 bridgehead atoms. The molecule has 0 unspecified atom stereocenters. The van der Waals surface area contributed by atoms with E-state index in [1.165, 1.54) is 11.3 Å². The van der Waals surface area contributed by atoms with Gasteiger partial charge < -0.3 is 10.2 Å². The molecule has 0 radical (unpaired) electrons. The maximum atomic E-state index is 12.7. The number of likely N-dealkylation sites (tertiary alicyclic amines) is 1. The van der Waals surface area contributed by atoms with Gasteiger partial charge in [-0.15, -0.1) is 11.3 Å². The van der Waals surface area contributed by atoms with E-state index in [1.807, 2.05) is 64.9 Å². The van der Waals surface area contributed by atoms with E-state index >= 15 is 0 Å². The van der Waals surface area contributed by atoms with Crippen molar-refractivity contribution < 1.29 is 4.79 Å². The number of nitrogens with zero attached hydrogens (tertiary/aromatic N) is 3. The van der Waals surface area contributed by atoms with E-state index in [-0.39, 0.29) is 11.9 Å². The van der Waals surface area contributed by atoms with Gasteiger partial charge in [0.25, 0.3) is 0 Å². The smallest absolute Gasteiger partial charge is 0.247 e. The van der Waals surface area contributed by atoms with Crippen LogP contribution in [0.5, 0.6) is 0 Å². The van der Waals surface area contributed by atoms with Crippen LogP contribution in [0, 0.1) is 0 Å². The molecule has 1 saturated heterocycles. The van der Waals surface area contributed by atoms with Crippen molar-refractivity contribution in [2.75, 3.05) is 11.9 Å². The van der Waals surface area contributed by atoms with E-state index in [4.69, 9.17) is 0 Å². The Morgan fingerprint density at radius 2 is 2.04 bits per heavy atom. The number of thiazole rings is 1. The van der Waals surface area contributed by atoms with Crippen molar-refractivity contribution in [3.63, 3.8) is 0 Å². The van der Waals surface area contributed by atoms with E-state index in [9.17, 15) is 4.79 Å². The molecule has 6 heteroatoms. The zero-order chi connectivity index (χ0) is 18.5. The minimum Gasteiger partial charge on any atom is -0.331 e. The van der Waals surface area contributed by atoms with Crippen molar-refractivity contribution in [1.29, 1.82) is 0 Å². The molecule has 1 fully saturated rings. The molecule has 1 atom stereocenters. The van der Waals surface area contributed by atoms with Crippen LogP contribution in [-0.4, -0.2) is 27.3 Å². The van der Waals surface area contributed by atoms with Gasteiger partial charge in [-0.2, -0.15) is 0 Å². The lowest BCUT2D eigenvalue weighted by Crippen LogP contribution is -2.29. The molecule has 136 valence electrons. The molecule has 4 rings (SSSR count). The van der Waals surface area contributed by atoms with Crippen LogP contribution in [0.25, 0.3) is 6.08 Å². The first kappa shape index (κ1) is 17.4. The SMILES string of the molecule is O=C(/C=C/c1ccccc1)N1CCC[C@@H]1c1csc(Nc2ccccn2)n1. The molecule has 2 aromatic heterocycles. The zero-order valence-corrected chi connectivity index (χ0v) is 15.6. The maximum absolute atomic E-state index is 12.7. The maximum Gasteiger partial charge on any atom is 0.247 e. The van der Waals surface area contributed by atoms with Gasteiger partial charge in [-0.05, 0) is 36.6 Å². The number of rotatable bonds is 5. The highest BCUT2D eigenvalue weighted by Crippen LogP contribution is 2.34. The molecule has 5 nitrogen and oxygen atoms in total. The highest BCUT2D eigenvalue weighted by molar-refractivity contribution is 7.13. The van der Waals surface area contributed by atoms with Crippen LogP contribution >= 0.6 is 11.3 Å². The van der Waals surface area contributed by atoms with Gasteiger partial charge in [0.05, 0.1) is 11.7 Å². The second-order valence-electron chi connectivity index (χ2n) is 6.35. The normalized spacial score (nSPS) is 16.7. The number of nitrogens with one attached hydrogen (secondary N) is 1. The van der Waals surface area contributed by atoms with Crippen molar-refractivity contribution in [2.45, 2.75) is 18.9 Å². The van der Waals surface area contributed by atoms with Gasteiger partial charge in [0, 0.05) is 24.2 Å². The van der Waals surface area contributed by atoms with Crippen LogP contribution in [0.4, 0.5) is 10.9 Å². The Bertz CT molecular complexity index is 924. The number of carbonyl (C=O) groups excluding carboxylic acids is 1. The standard InChI is InChI=1S/C21H20N4OS/c26-20(12-11-16-7-2-1-3-8-16)25-14-6-9-18(25)17-15-27-21(23-17)24-19-10-4-5-13-22-19/h1-5,7-8,10-13,15,18H,6,9,14H2,(H,22,23,24)/b12-11+/t18-/m1/s1. The van der Waals surface area contributed by atoms with Gasteiger partial charge in [0.2, 0.25) is 5.91 Å². The minimum absolute atomic E-state index is 0.0356. The summed E-state index contributed by atoms with van der Waals surface area (Å²) in [6.45, 7) is 0.767. The third-order valence-electron chi connectivity index (χ3n) is 4.52. The van der Waals surface area contributed by atoms with Crippen molar-refractivity contribution in [3.05, 3.63) is 77.4 Å². The number of pyridine rings is 1. The largest absolute Gasteiger partial charge is 0.331 e. The predicted octanol–water partition coefficient (Wildman–Crippen LogP) is 4.66. The number of benzene rings is 1. The summed E-state index contributed by atoms with van der Waals surface area (Å²) in [5.41, 5.74) is 1.97.